The maximum Gasteiger partial charge on any atom is 0.416 e. The van der Waals surface area contributed by atoms with Crippen molar-refractivity contribution in [3.63, 3.8) is 0 Å². The fourth-order valence-electron chi connectivity index (χ4n) is 2.91. The molecule has 3 nitrogen and oxygen atoms in total. The maximum absolute atomic E-state index is 13.1. The minimum Gasteiger partial charge on any atom is -0.371 e. The molecule has 9 heteroatoms. The van der Waals surface area contributed by atoms with Crippen LogP contribution < -0.4 is 11.1 Å². The Balaban J connectivity index is 2.30. The van der Waals surface area contributed by atoms with Crippen LogP contribution in [0.25, 0.3) is 0 Å². The number of nitrogens with one attached hydrogen (secondary N) is 1. The second-order valence-corrected chi connectivity index (χ2v) is 6.84. The van der Waals surface area contributed by atoms with E-state index >= 15 is 0 Å². The van der Waals surface area contributed by atoms with Gasteiger partial charge in [-0.2, -0.15) is 26.3 Å². The first-order valence-electron chi connectivity index (χ1n) is 8.77. The van der Waals surface area contributed by atoms with Gasteiger partial charge in [-0.25, -0.2) is 0 Å². The Morgan fingerprint density at radius 1 is 0.897 bits per heavy atom. The number of halogens is 6. The summed E-state index contributed by atoms with van der Waals surface area (Å²) in [4.78, 5) is 0. The number of hydrogen-bond acceptors (Lipinski definition) is 3. The quantitative estimate of drug-likeness (QED) is 0.628. The van der Waals surface area contributed by atoms with Crippen molar-refractivity contribution in [3.8, 4) is 0 Å². The zero-order valence-electron chi connectivity index (χ0n) is 15.9. The molecule has 29 heavy (non-hydrogen) atoms. The Morgan fingerprint density at radius 3 is 1.86 bits per heavy atom. The molecular weight excluding hydrogens is 398 g/mol. The number of hydrogen-bond donors (Lipinski definition) is 2. The first-order valence-corrected chi connectivity index (χ1v) is 8.77. The number of rotatable bonds is 7. The Morgan fingerprint density at radius 2 is 1.41 bits per heavy atom. The van der Waals surface area contributed by atoms with Crippen LogP contribution in [0.1, 0.15) is 35.3 Å². The zero-order chi connectivity index (χ0) is 21.9. The van der Waals surface area contributed by atoms with Crippen LogP contribution in [0.4, 0.5) is 26.3 Å². The van der Waals surface area contributed by atoms with Crippen LogP contribution in [0.2, 0.25) is 0 Å². The van der Waals surface area contributed by atoms with Gasteiger partial charge < -0.3 is 15.8 Å². The van der Waals surface area contributed by atoms with E-state index in [4.69, 9.17) is 10.5 Å². The SMILES string of the molecule is CNC[C@@](N)(CO[C@H](C)c1cc(C(F)(F)F)cc(C(F)(F)F)c1)c1ccccc1. The third kappa shape index (κ3) is 5.94. The highest BCUT2D eigenvalue weighted by Gasteiger charge is 2.37. The molecule has 0 unspecified atom stereocenters. The molecule has 0 fully saturated rings. The molecule has 2 rings (SSSR count). The third-order valence-corrected chi connectivity index (χ3v) is 4.51. The van der Waals surface area contributed by atoms with E-state index in [0.29, 0.717) is 18.7 Å². The second-order valence-electron chi connectivity index (χ2n) is 6.84. The monoisotopic (exact) mass is 420 g/mol. The van der Waals surface area contributed by atoms with E-state index in [-0.39, 0.29) is 18.2 Å². The fourth-order valence-corrected chi connectivity index (χ4v) is 2.91. The van der Waals surface area contributed by atoms with Crippen LogP contribution in [-0.2, 0) is 22.6 Å². The van der Waals surface area contributed by atoms with Gasteiger partial charge in [-0.05, 0) is 43.3 Å². The van der Waals surface area contributed by atoms with Gasteiger partial charge in [0, 0.05) is 6.54 Å². The van der Waals surface area contributed by atoms with Crippen molar-refractivity contribution in [1.82, 2.24) is 5.32 Å². The van der Waals surface area contributed by atoms with Gasteiger partial charge in [0.05, 0.1) is 29.4 Å². The molecule has 2 atom stereocenters. The van der Waals surface area contributed by atoms with E-state index in [1.165, 1.54) is 6.92 Å². The highest BCUT2D eigenvalue weighted by molar-refractivity contribution is 5.34. The molecule has 0 radical (unpaired) electrons. The van der Waals surface area contributed by atoms with Crippen LogP contribution in [0.3, 0.4) is 0 Å². The zero-order valence-corrected chi connectivity index (χ0v) is 15.9. The van der Waals surface area contributed by atoms with E-state index in [1.54, 1.807) is 37.4 Å². The van der Waals surface area contributed by atoms with E-state index in [0.717, 1.165) is 5.56 Å². The lowest BCUT2D eigenvalue weighted by atomic mass is 9.91. The molecule has 0 aromatic heterocycles. The van der Waals surface area contributed by atoms with Crippen LogP contribution in [0.15, 0.2) is 48.5 Å². The minimum atomic E-state index is -4.91. The van der Waals surface area contributed by atoms with Crippen molar-refractivity contribution in [2.24, 2.45) is 5.73 Å². The van der Waals surface area contributed by atoms with Crippen molar-refractivity contribution in [3.05, 3.63) is 70.8 Å². The van der Waals surface area contributed by atoms with Crippen LogP contribution in [0.5, 0.6) is 0 Å². The van der Waals surface area contributed by atoms with Gasteiger partial charge in [0.15, 0.2) is 0 Å². The summed E-state index contributed by atoms with van der Waals surface area (Å²) in [7, 11) is 1.68. The van der Waals surface area contributed by atoms with Crippen LogP contribution >= 0.6 is 0 Å². The average Bonchev–Trinajstić information content (AvgIpc) is 2.65. The van der Waals surface area contributed by atoms with Crippen molar-refractivity contribution < 1.29 is 31.1 Å². The summed E-state index contributed by atoms with van der Waals surface area (Å²) in [6.45, 7) is 1.57. The smallest absolute Gasteiger partial charge is 0.371 e. The van der Waals surface area contributed by atoms with Gasteiger partial charge >= 0.3 is 12.4 Å². The standard InChI is InChI=1S/C20H22F6N2O/c1-13(29-12-18(27,11-28-2)15-6-4-3-5-7-15)14-8-16(19(21,22)23)10-17(9-14)20(24,25)26/h3-10,13,28H,11-12,27H2,1-2H3/t13-,18-/m1/s1. The third-order valence-electron chi connectivity index (χ3n) is 4.51. The molecule has 0 spiro atoms. The lowest BCUT2D eigenvalue weighted by molar-refractivity contribution is -0.143. The molecular formula is C20H22F6N2O. The number of ether oxygens (including phenoxy) is 1. The molecule has 0 amide bonds. The fraction of sp³-hybridized carbons (Fsp3) is 0.400. The molecule has 0 aliphatic carbocycles. The number of benzene rings is 2. The lowest BCUT2D eigenvalue weighted by Gasteiger charge is -2.31. The molecule has 2 aromatic carbocycles. The van der Waals surface area contributed by atoms with Crippen LogP contribution in [-0.4, -0.2) is 20.2 Å². The average molecular weight is 420 g/mol. The van der Waals surface area contributed by atoms with Crippen LogP contribution in [0, 0.1) is 0 Å². The number of nitrogens with two attached hydrogens (primary N) is 1. The molecule has 0 bridgehead atoms. The topological polar surface area (TPSA) is 47.3 Å². The molecule has 3 N–H and O–H groups in total. The largest absolute Gasteiger partial charge is 0.416 e. The minimum absolute atomic E-state index is 0.0917. The molecule has 0 aliphatic heterocycles. The van der Waals surface area contributed by atoms with Gasteiger partial charge in [0.25, 0.3) is 0 Å². The predicted octanol–water partition coefficient (Wildman–Crippen LogP) is 4.88. The van der Waals surface area contributed by atoms with Gasteiger partial charge in [-0.15, -0.1) is 0 Å². The summed E-state index contributed by atoms with van der Waals surface area (Å²) in [5, 5.41) is 2.93. The predicted molar refractivity (Wildman–Crippen MR) is 97.0 cm³/mol. The van der Waals surface area contributed by atoms with Crippen molar-refractivity contribution >= 4 is 0 Å². The Kier molecular flexibility index (Phi) is 6.97. The van der Waals surface area contributed by atoms with Crippen molar-refractivity contribution in [2.75, 3.05) is 20.2 Å². The molecule has 0 saturated carbocycles. The Labute approximate surface area is 164 Å². The van der Waals surface area contributed by atoms with Gasteiger partial charge in [0.2, 0.25) is 0 Å². The van der Waals surface area contributed by atoms with Gasteiger partial charge in [-0.3, -0.25) is 0 Å². The summed E-state index contributed by atoms with van der Waals surface area (Å²) in [5.74, 6) is 0. The van der Waals surface area contributed by atoms with E-state index in [9.17, 15) is 26.3 Å². The lowest BCUT2D eigenvalue weighted by Crippen LogP contribution is -2.49. The first kappa shape index (κ1) is 23.2. The summed E-state index contributed by atoms with van der Waals surface area (Å²) in [5.41, 5.74) is 3.13. The number of alkyl halides is 6. The van der Waals surface area contributed by atoms with E-state index < -0.39 is 35.1 Å². The normalized spacial score (nSPS) is 15.8. The number of likely N-dealkylation sites (N-methyl/N-ethyl adjacent to an activating group) is 1. The highest BCUT2D eigenvalue weighted by atomic mass is 19.4. The molecule has 0 heterocycles. The van der Waals surface area contributed by atoms with E-state index in [1.807, 2.05) is 0 Å². The van der Waals surface area contributed by atoms with Gasteiger partial charge in [-0.1, -0.05) is 30.3 Å². The summed E-state index contributed by atoms with van der Waals surface area (Å²) in [6.07, 6.45) is -10.9. The first-order chi connectivity index (χ1) is 13.4. The molecule has 0 aliphatic rings. The summed E-state index contributed by atoms with van der Waals surface area (Å²) >= 11 is 0. The van der Waals surface area contributed by atoms with Gasteiger partial charge in [0.1, 0.15) is 0 Å². The molecule has 2 aromatic rings. The molecule has 160 valence electrons. The maximum atomic E-state index is 13.1. The van der Waals surface area contributed by atoms with E-state index in [2.05, 4.69) is 5.32 Å². The van der Waals surface area contributed by atoms with Crippen molar-refractivity contribution in [1.29, 1.82) is 0 Å². The summed E-state index contributed by atoms with van der Waals surface area (Å²) < 4.78 is 84.0. The van der Waals surface area contributed by atoms with Crippen molar-refractivity contribution in [2.45, 2.75) is 30.9 Å². The summed E-state index contributed by atoms with van der Waals surface area (Å²) in [6, 6.07) is 10.3. The highest BCUT2D eigenvalue weighted by Crippen LogP contribution is 2.38. The Bertz CT molecular complexity index is 775. The second kappa shape index (κ2) is 8.73. The molecule has 0 saturated heterocycles. The Hall–Kier alpha value is -2.10.